The van der Waals surface area contributed by atoms with E-state index in [0.717, 1.165) is 12.8 Å². The molecule has 2 rings (SSSR count). The molecule has 2 amide bonds. The van der Waals surface area contributed by atoms with Gasteiger partial charge in [-0.1, -0.05) is 0 Å². The van der Waals surface area contributed by atoms with E-state index < -0.39 is 0 Å². The maximum absolute atomic E-state index is 13.2. The Morgan fingerprint density at radius 3 is 2.79 bits per heavy atom. The van der Waals surface area contributed by atoms with Crippen LogP contribution in [0.15, 0.2) is 18.2 Å². The molecule has 1 unspecified atom stereocenters. The summed E-state index contributed by atoms with van der Waals surface area (Å²) < 4.78 is 13.2. The summed E-state index contributed by atoms with van der Waals surface area (Å²) >= 11 is 0. The lowest BCUT2D eigenvalue weighted by atomic mass is 9.96. The molecule has 0 radical (unpaired) electrons. The topological polar surface area (TPSA) is 63.4 Å². The van der Waals surface area contributed by atoms with E-state index in [0.29, 0.717) is 24.2 Å². The summed E-state index contributed by atoms with van der Waals surface area (Å²) in [7, 11) is 0. The largest absolute Gasteiger partial charge is 0.369 e. The molecule has 1 aliphatic heterocycles. The minimum atomic E-state index is -0.368. The summed E-state index contributed by atoms with van der Waals surface area (Å²) in [6.45, 7) is 2.58. The number of likely N-dealkylation sites (tertiary alicyclic amines) is 1. The highest BCUT2D eigenvalue weighted by molar-refractivity contribution is 5.94. The molecule has 0 aromatic heterocycles. The molecule has 1 atom stereocenters. The number of nitrogens with two attached hydrogens (primary N) is 1. The summed E-state index contributed by atoms with van der Waals surface area (Å²) in [5, 5.41) is 0. The van der Waals surface area contributed by atoms with Crippen LogP contribution < -0.4 is 5.73 Å². The fourth-order valence-corrected chi connectivity index (χ4v) is 2.35. The third kappa shape index (κ3) is 2.92. The number of carbonyl (C=O) groups excluding carboxylic acids is 2. The van der Waals surface area contributed by atoms with Gasteiger partial charge in [0.15, 0.2) is 0 Å². The standard InChI is InChI=1S/C14H17FN2O2/c1-9-7-10(4-5-12(9)15)14(19)17-6-2-3-11(8-17)13(16)18/h4-5,7,11H,2-3,6,8H2,1H3,(H2,16,18). The van der Waals surface area contributed by atoms with Crippen LogP contribution in [0.25, 0.3) is 0 Å². The molecule has 1 aromatic carbocycles. The van der Waals surface area contributed by atoms with E-state index in [2.05, 4.69) is 0 Å². The number of rotatable bonds is 2. The fourth-order valence-electron chi connectivity index (χ4n) is 2.35. The molecule has 4 nitrogen and oxygen atoms in total. The van der Waals surface area contributed by atoms with Crippen LogP contribution in [0.1, 0.15) is 28.8 Å². The van der Waals surface area contributed by atoms with Gasteiger partial charge in [0.05, 0.1) is 5.92 Å². The third-order valence-corrected chi connectivity index (χ3v) is 3.52. The fraction of sp³-hybridized carbons (Fsp3) is 0.429. The van der Waals surface area contributed by atoms with E-state index in [9.17, 15) is 14.0 Å². The van der Waals surface area contributed by atoms with Gasteiger partial charge in [-0.2, -0.15) is 0 Å². The van der Waals surface area contributed by atoms with Crippen molar-refractivity contribution in [2.24, 2.45) is 11.7 Å². The number of nitrogens with zero attached hydrogens (tertiary/aromatic N) is 1. The van der Waals surface area contributed by atoms with Crippen molar-refractivity contribution >= 4 is 11.8 Å². The van der Waals surface area contributed by atoms with E-state index in [-0.39, 0.29) is 23.5 Å². The zero-order valence-corrected chi connectivity index (χ0v) is 10.9. The van der Waals surface area contributed by atoms with Crippen molar-refractivity contribution < 1.29 is 14.0 Å². The summed E-state index contributed by atoms with van der Waals surface area (Å²) in [5.41, 5.74) is 6.17. The number of carbonyl (C=O) groups is 2. The zero-order valence-electron chi connectivity index (χ0n) is 10.9. The lowest BCUT2D eigenvalue weighted by Crippen LogP contribution is -2.44. The van der Waals surface area contributed by atoms with Crippen molar-refractivity contribution in [2.45, 2.75) is 19.8 Å². The molecule has 19 heavy (non-hydrogen) atoms. The Labute approximate surface area is 111 Å². The molecule has 0 bridgehead atoms. The lowest BCUT2D eigenvalue weighted by Gasteiger charge is -2.31. The number of piperidine rings is 1. The van der Waals surface area contributed by atoms with Crippen LogP contribution in [0.3, 0.4) is 0 Å². The molecule has 0 aliphatic carbocycles. The van der Waals surface area contributed by atoms with E-state index in [4.69, 9.17) is 5.73 Å². The van der Waals surface area contributed by atoms with Crippen LogP contribution in [0.5, 0.6) is 0 Å². The molecule has 5 heteroatoms. The molecule has 102 valence electrons. The predicted octanol–water partition coefficient (Wildman–Crippen LogP) is 1.47. The van der Waals surface area contributed by atoms with Crippen LogP contribution in [-0.4, -0.2) is 29.8 Å². The maximum atomic E-state index is 13.2. The Morgan fingerprint density at radius 2 is 2.16 bits per heavy atom. The van der Waals surface area contributed by atoms with Crippen LogP contribution >= 0.6 is 0 Å². The Morgan fingerprint density at radius 1 is 1.42 bits per heavy atom. The highest BCUT2D eigenvalue weighted by Gasteiger charge is 2.27. The van der Waals surface area contributed by atoms with Crippen molar-refractivity contribution in [3.8, 4) is 0 Å². The van der Waals surface area contributed by atoms with Gasteiger partial charge in [-0.05, 0) is 43.5 Å². The normalized spacial score (nSPS) is 19.3. The van der Waals surface area contributed by atoms with Gasteiger partial charge in [-0.25, -0.2) is 4.39 Å². The van der Waals surface area contributed by atoms with Gasteiger partial charge in [0.2, 0.25) is 5.91 Å². The van der Waals surface area contributed by atoms with Gasteiger partial charge in [-0.3, -0.25) is 9.59 Å². The van der Waals surface area contributed by atoms with Crippen molar-refractivity contribution in [2.75, 3.05) is 13.1 Å². The highest BCUT2D eigenvalue weighted by Crippen LogP contribution is 2.19. The molecular weight excluding hydrogens is 247 g/mol. The maximum Gasteiger partial charge on any atom is 0.253 e. The second-order valence-corrected chi connectivity index (χ2v) is 4.96. The molecule has 0 spiro atoms. The van der Waals surface area contributed by atoms with E-state index in [1.165, 1.54) is 18.2 Å². The van der Waals surface area contributed by atoms with Crippen LogP contribution in [0.4, 0.5) is 4.39 Å². The van der Waals surface area contributed by atoms with Crippen molar-refractivity contribution in [3.63, 3.8) is 0 Å². The first-order valence-corrected chi connectivity index (χ1v) is 6.34. The first kappa shape index (κ1) is 13.5. The number of hydrogen-bond acceptors (Lipinski definition) is 2. The van der Waals surface area contributed by atoms with E-state index in [1.54, 1.807) is 11.8 Å². The number of aryl methyl sites for hydroxylation is 1. The SMILES string of the molecule is Cc1cc(C(=O)N2CCCC(C(N)=O)C2)ccc1F. The monoisotopic (exact) mass is 264 g/mol. The van der Waals surface area contributed by atoms with Crippen molar-refractivity contribution in [1.82, 2.24) is 4.90 Å². The van der Waals surface area contributed by atoms with Gasteiger partial charge >= 0.3 is 0 Å². The first-order chi connectivity index (χ1) is 8.99. The molecule has 1 heterocycles. The summed E-state index contributed by atoms with van der Waals surface area (Å²) in [5.74, 6) is -1.15. The minimum Gasteiger partial charge on any atom is -0.369 e. The summed E-state index contributed by atoms with van der Waals surface area (Å²) in [6.07, 6.45) is 1.49. The van der Waals surface area contributed by atoms with Crippen LogP contribution in [0.2, 0.25) is 0 Å². The Kier molecular flexibility index (Phi) is 3.83. The molecule has 1 saturated heterocycles. The predicted molar refractivity (Wildman–Crippen MR) is 69.0 cm³/mol. The molecule has 1 aliphatic rings. The minimum absolute atomic E-state index is 0.172. The second-order valence-electron chi connectivity index (χ2n) is 4.96. The average molecular weight is 264 g/mol. The van der Waals surface area contributed by atoms with Gasteiger partial charge in [0.25, 0.3) is 5.91 Å². The Balaban J connectivity index is 2.14. The third-order valence-electron chi connectivity index (χ3n) is 3.52. The molecule has 1 aromatic rings. The number of halogens is 1. The molecule has 1 fully saturated rings. The summed E-state index contributed by atoms with van der Waals surface area (Å²) in [6, 6.07) is 4.29. The Bertz CT molecular complexity index is 516. The van der Waals surface area contributed by atoms with Crippen LogP contribution in [0, 0.1) is 18.7 Å². The summed E-state index contributed by atoms with van der Waals surface area (Å²) in [4.78, 5) is 25.1. The molecule has 2 N–H and O–H groups in total. The lowest BCUT2D eigenvalue weighted by molar-refractivity contribution is -0.123. The first-order valence-electron chi connectivity index (χ1n) is 6.34. The molecular formula is C14H17FN2O2. The van der Waals surface area contributed by atoms with Gasteiger partial charge in [0, 0.05) is 18.7 Å². The van der Waals surface area contributed by atoms with Gasteiger partial charge in [-0.15, -0.1) is 0 Å². The number of primary amides is 1. The second kappa shape index (κ2) is 5.38. The Hall–Kier alpha value is -1.91. The number of amides is 2. The number of hydrogen-bond donors (Lipinski definition) is 1. The van der Waals surface area contributed by atoms with Gasteiger partial charge < -0.3 is 10.6 Å². The smallest absolute Gasteiger partial charge is 0.253 e. The average Bonchev–Trinajstić information content (AvgIpc) is 2.41. The van der Waals surface area contributed by atoms with Crippen molar-refractivity contribution in [1.29, 1.82) is 0 Å². The van der Waals surface area contributed by atoms with E-state index >= 15 is 0 Å². The zero-order chi connectivity index (χ0) is 14.0. The van der Waals surface area contributed by atoms with E-state index in [1.807, 2.05) is 0 Å². The van der Waals surface area contributed by atoms with Gasteiger partial charge in [0.1, 0.15) is 5.82 Å². The van der Waals surface area contributed by atoms with Crippen LogP contribution in [-0.2, 0) is 4.79 Å². The van der Waals surface area contributed by atoms with Crippen molar-refractivity contribution in [3.05, 3.63) is 35.1 Å². The molecule has 0 saturated carbocycles. The number of benzene rings is 1. The quantitative estimate of drug-likeness (QED) is 0.879. The highest BCUT2D eigenvalue weighted by atomic mass is 19.1.